The van der Waals surface area contributed by atoms with E-state index in [0.29, 0.717) is 12.1 Å². The zero-order valence-corrected chi connectivity index (χ0v) is 8.82. The summed E-state index contributed by atoms with van der Waals surface area (Å²) in [5.41, 5.74) is 0. The first-order chi connectivity index (χ1) is 5.88. The summed E-state index contributed by atoms with van der Waals surface area (Å²) in [5, 5.41) is 3.54. The van der Waals surface area contributed by atoms with Crippen molar-refractivity contribution < 1.29 is 4.74 Å². The van der Waals surface area contributed by atoms with Crippen molar-refractivity contribution >= 4 is 11.8 Å². The van der Waals surface area contributed by atoms with Crippen LogP contribution in [0.1, 0.15) is 19.3 Å². The molecule has 2 nitrogen and oxygen atoms in total. The highest BCUT2D eigenvalue weighted by molar-refractivity contribution is 7.98. The third-order valence-electron chi connectivity index (χ3n) is 2.47. The van der Waals surface area contributed by atoms with Crippen LogP contribution in [-0.2, 0) is 4.74 Å². The van der Waals surface area contributed by atoms with Gasteiger partial charge in [0.1, 0.15) is 0 Å². The van der Waals surface area contributed by atoms with Crippen LogP contribution in [0.4, 0.5) is 0 Å². The quantitative estimate of drug-likeness (QED) is 0.662. The minimum atomic E-state index is 0.465. The van der Waals surface area contributed by atoms with Gasteiger partial charge in [0.2, 0.25) is 0 Å². The fraction of sp³-hybridized carbons (Fsp3) is 1.00. The summed E-state index contributed by atoms with van der Waals surface area (Å²) in [6.07, 6.45) is 6.44. The molecule has 0 aromatic carbocycles. The Bertz CT molecular complexity index is 121. The fourth-order valence-corrected chi connectivity index (χ4v) is 2.11. The van der Waals surface area contributed by atoms with Crippen molar-refractivity contribution in [3.63, 3.8) is 0 Å². The van der Waals surface area contributed by atoms with E-state index >= 15 is 0 Å². The first kappa shape index (κ1) is 10.4. The molecule has 0 bridgehead atoms. The number of rotatable bonds is 5. The molecule has 1 aliphatic rings. The normalized spacial score (nSPS) is 29.5. The molecule has 1 fully saturated rings. The van der Waals surface area contributed by atoms with Gasteiger partial charge >= 0.3 is 0 Å². The molecule has 0 aliphatic heterocycles. The lowest BCUT2D eigenvalue weighted by Gasteiger charge is -2.19. The van der Waals surface area contributed by atoms with Crippen molar-refractivity contribution in [2.24, 2.45) is 0 Å². The van der Waals surface area contributed by atoms with E-state index in [0.717, 1.165) is 6.54 Å². The van der Waals surface area contributed by atoms with E-state index in [1.165, 1.54) is 25.0 Å². The molecule has 1 rings (SSSR count). The molecule has 3 heteroatoms. The van der Waals surface area contributed by atoms with Crippen LogP contribution in [0.25, 0.3) is 0 Å². The molecular weight excluding hydrogens is 170 g/mol. The maximum Gasteiger partial charge on any atom is 0.0724 e. The largest absolute Gasteiger partial charge is 0.380 e. The van der Waals surface area contributed by atoms with Crippen LogP contribution in [-0.4, -0.2) is 37.8 Å². The minimum Gasteiger partial charge on any atom is -0.380 e. The average molecular weight is 189 g/mol. The summed E-state index contributed by atoms with van der Waals surface area (Å²) in [7, 11) is 1.82. The van der Waals surface area contributed by atoms with E-state index in [2.05, 4.69) is 11.6 Å². The molecule has 0 aromatic heterocycles. The second-order valence-electron chi connectivity index (χ2n) is 3.26. The number of hydrogen-bond acceptors (Lipinski definition) is 3. The van der Waals surface area contributed by atoms with Gasteiger partial charge in [-0.3, -0.25) is 0 Å². The van der Waals surface area contributed by atoms with Gasteiger partial charge in [0.05, 0.1) is 6.10 Å². The summed E-state index contributed by atoms with van der Waals surface area (Å²) in [4.78, 5) is 0. The van der Waals surface area contributed by atoms with Crippen molar-refractivity contribution in [1.29, 1.82) is 0 Å². The highest BCUT2D eigenvalue weighted by atomic mass is 32.2. The van der Waals surface area contributed by atoms with E-state index in [1.54, 1.807) is 0 Å². The Kier molecular flexibility index (Phi) is 5.04. The van der Waals surface area contributed by atoms with Crippen molar-refractivity contribution in [3.05, 3.63) is 0 Å². The predicted octanol–water partition coefficient (Wildman–Crippen LogP) is 1.51. The van der Waals surface area contributed by atoms with Crippen molar-refractivity contribution in [1.82, 2.24) is 5.32 Å². The Morgan fingerprint density at radius 3 is 3.00 bits per heavy atom. The average Bonchev–Trinajstić information content (AvgIpc) is 2.52. The predicted molar refractivity (Wildman–Crippen MR) is 54.8 cm³/mol. The van der Waals surface area contributed by atoms with Crippen LogP contribution in [0, 0.1) is 0 Å². The van der Waals surface area contributed by atoms with Crippen LogP contribution in [0.15, 0.2) is 0 Å². The number of hydrogen-bond donors (Lipinski definition) is 1. The highest BCUT2D eigenvalue weighted by Crippen LogP contribution is 2.21. The lowest BCUT2D eigenvalue weighted by atomic mass is 10.2. The molecule has 0 heterocycles. The van der Waals surface area contributed by atoms with E-state index in [9.17, 15) is 0 Å². The summed E-state index contributed by atoms with van der Waals surface area (Å²) in [6, 6.07) is 0.613. The molecule has 2 unspecified atom stereocenters. The first-order valence-corrected chi connectivity index (χ1v) is 6.03. The molecule has 0 aromatic rings. The Morgan fingerprint density at radius 2 is 2.33 bits per heavy atom. The monoisotopic (exact) mass is 189 g/mol. The number of thioether (sulfide) groups is 1. The Morgan fingerprint density at radius 1 is 1.50 bits per heavy atom. The molecule has 2 atom stereocenters. The van der Waals surface area contributed by atoms with Gasteiger partial charge in [-0.15, -0.1) is 0 Å². The smallest absolute Gasteiger partial charge is 0.0724 e. The van der Waals surface area contributed by atoms with Crippen LogP contribution in [0.5, 0.6) is 0 Å². The number of methoxy groups -OCH3 is 1. The van der Waals surface area contributed by atoms with E-state index in [4.69, 9.17) is 4.74 Å². The van der Waals surface area contributed by atoms with Gasteiger partial charge in [0, 0.05) is 25.4 Å². The molecule has 1 aliphatic carbocycles. The van der Waals surface area contributed by atoms with Crippen molar-refractivity contribution in [3.8, 4) is 0 Å². The van der Waals surface area contributed by atoms with Crippen LogP contribution in [0.2, 0.25) is 0 Å². The molecule has 0 amide bonds. The van der Waals surface area contributed by atoms with Gasteiger partial charge < -0.3 is 10.1 Å². The van der Waals surface area contributed by atoms with Gasteiger partial charge in [0.25, 0.3) is 0 Å². The minimum absolute atomic E-state index is 0.465. The van der Waals surface area contributed by atoms with Crippen LogP contribution < -0.4 is 5.32 Å². The lowest BCUT2D eigenvalue weighted by Crippen LogP contribution is -2.37. The zero-order chi connectivity index (χ0) is 8.81. The van der Waals surface area contributed by atoms with Gasteiger partial charge in [-0.2, -0.15) is 11.8 Å². The molecule has 1 N–H and O–H groups in total. The first-order valence-electron chi connectivity index (χ1n) is 4.63. The second-order valence-corrected chi connectivity index (χ2v) is 4.24. The third kappa shape index (κ3) is 2.96. The number of nitrogens with one attached hydrogen (secondary N) is 1. The molecular formula is C9H19NOS. The molecule has 0 radical (unpaired) electrons. The fourth-order valence-electron chi connectivity index (χ4n) is 1.79. The van der Waals surface area contributed by atoms with Crippen molar-refractivity contribution in [2.45, 2.75) is 31.4 Å². The lowest BCUT2D eigenvalue weighted by molar-refractivity contribution is 0.0859. The summed E-state index contributed by atoms with van der Waals surface area (Å²) >= 11 is 1.89. The van der Waals surface area contributed by atoms with E-state index in [1.807, 2.05) is 18.9 Å². The number of ether oxygens (including phenoxy) is 1. The van der Waals surface area contributed by atoms with Crippen LogP contribution >= 0.6 is 11.8 Å². The molecule has 0 spiro atoms. The van der Waals surface area contributed by atoms with Gasteiger partial charge in [-0.05, 0) is 25.5 Å². The zero-order valence-electron chi connectivity index (χ0n) is 8.01. The van der Waals surface area contributed by atoms with Crippen molar-refractivity contribution in [2.75, 3.05) is 25.7 Å². The summed E-state index contributed by atoms with van der Waals surface area (Å²) in [5.74, 6) is 1.20. The van der Waals surface area contributed by atoms with Gasteiger partial charge in [-0.25, -0.2) is 0 Å². The Hall–Kier alpha value is 0.270. The molecule has 1 saturated carbocycles. The van der Waals surface area contributed by atoms with Crippen LogP contribution in [0.3, 0.4) is 0 Å². The second kappa shape index (κ2) is 5.84. The topological polar surface area (TPSA) is 21.3 Å². The van der Waals surface area contributed by atoms with Gasteiger partial charge in [-0.1, -0.05) is 0 Å². The Labute approximate surface area is 79.4 Å². The Balaban J connectivity index is 2.12. The summed E-state index contributed by atoms with van der Waals surface area (Å²) in [6.45, 7) is 1.12. The third-order valence-corrected chi connectivity index (χ3v) is 3.08. The molecule has 72 valence electrons. The maximum atomic E-state index is 5.39. The van der Waals surface area contributed by atoms with E-state index < -0.39 is 0 Å². The van der Waals surface area contributed by atoms with Gasteiger partial charge in [0.15, 0.2) is 0 Å². The molecule has 0 saturated heterocycles. The maximum absolute atomic E-state index is 5.39. The highest BCUT2D eigenvalue weighted by Gasteiger charge is 2.25. The van der Waals surface area contributed by atoms with E-state index in [-0.39, 0.29) is 0 Å². The molecule has 12 heavy (non-hydrogen) atoms. The summed E-state index contributed by atoms with van der Waals surface area (Å²) < 4.78 is 5.39. The standard InChI is InChI=1S/C9H19NOS/c1-11-9-5-3-4-8(9)10-6-7-12-2/h8-10H,3-7H2,1-2H3. The SMILES string of the molecule is COC1CCCC1NCCSC.